The molecule has 0 fully saturated rings. The Bertz CT molecular complexity index is 450. The molecule has 1 aromatic rings. The van der Waals surface area contributed by atoms with Gasteiger partial charge in [-0.3, -0.25) is 0 Å². The summed E-state index contributed by atoms with van der Waals surface area (Å²) in [5.74, 6) is 0.708. The van der Waals surface area contributed by atoms with Gasteiger partial charge in [-0.2, -0.15) is 0 Å². The fraction of sp³-hybridized carbons (Fsp3) is 0.562. The Labute approximate surface area is 131 Å². The van der Waals surface area contributed by atoms with Gasteiger partial charge in [-0.15, -0.1) is 0 Å². The second-order valence-corrected chi connectivity index (χ2v) is 5.50. The summed E-state index contributed by atoms with van der Waals surface area (Å²) in [6.07, 6.45) is 8.78. The maximum Gasteiger partial charge on any atom is 0.171 e. The van der Waals surface area contributed by atoms with Crippen LogP contribution in [0.1, 0.15) is 57.4 Å². The fourth-order valence-electron chi connectivity index (χ4n) is 2.10. The number of halogens is 1. The summed E-state index contributed by atoms with van der Waals surface area (Å²) in [4.78, 5) is 0. The number of rotatable bonds is 10. The topological polar surface area (TPSA) is 67.8 Å². The Hall–Kier alpha value is -1.42. The van der Waals surface area contributed by atoms with Crippen LogP contribution in [0.2, 0.25) is 5.02 Å². The third kappa shape index (κ3) is 6.71. The largest absolute Gasteiger partial charge is 0.494 e. The van der Waals surface area contributed by atoms with Gasteiger partial charge in [-0.25, -0.2) is 0 Å². The van der Waals surface area contributed by atoms with Crippen molar-refractivity contribution in [2.75, 3.05) is 6.61 Å². The normalized spacial score (nSPS) is 11.6. The zero-order chi connectivity index (χ0) is 15.5. The minimum atomic E-state index is -0.00127. The van der Waals surface area contributed by atoms with Gasteiger partial charge >= 0.3 is 0 Å². The van der Waals surface area contributed by atoms with E-state index in [0.29, 0.717) is 22.9 Å². The summed E-state index contributed by atoms with van der Waals surface area (Å²) in [6.45, 7) is 2.91. The molecule has 0 atom stereocenters. The van der Waals surface area contributed by atoms with Gasteiger partial charge in [0.1, 0.15) is 5.75 Å². The first kappa shape index (κ1) is 17.6. The summed E-state index contributed by atoms with van der Waals surface area (Å²) >= 11 is 6.06. The van der Waals surface area contributed by atoms with Crippen molar-refractivity contribution >= 4 is 17.4 Å². The number of oxime groups is 1. The summed E-state index contributed by atoms with van der Waals surface area (Å²) in [7, 11) is 0. The standard InChI is InChI=1S/C16H25ClN2O2/c1-2-3-4-5-6-7-8-11-21-13-9-10-14(15(17)12-13)16(18)19-20/h9-10,12,20H,2-8,11H2,1H3,(H2,18,19). The van der Waals surface area contributed by atoms with Gasteiger partial charge < -0.3 is 15.7 Å². The maximum atomic E-state index is 8.63. The van der Waals surface area contributed by atoms with Crippen LogP contribution >= 0.6 is 11.6 Å². The maximum absolute atomic E-state index is 8.63. The van der Waals surface area contributed by atoms with Gasteiger partial charge in [0.25, 0.3) is 0 Å². The third-order valence-corrected chi connectivity index (χ3v) is 3.65. The molecule has 5 heteroatoms. The summed E-state index contributed by atoms with van der Waals surface area (Å²) in [5, 5.41) is 12.0. The van der Waals surface area contributed by atoms with Crippen LogP contribution in [-0.4, -0.2) is 17.6 Å². The van der Waals surface area contributed by atoms with Gasteiger partial charge in [0, 0.05) is 5.56 Å². The molecule has 0 saturated heterocycles. The van der Waals surface area contributed by atoms with Crippen LogP contribution in [0.4, 0.5) is 0 Å². The molecule has 1 aromatic carbocycles. The molecule has 0 saturated carbocycles. The number of benzene rings is 1. The van der Waals surface area contributed by atoms with Crippen LogP contribution in [0, 0.1) is 0 Å². The molecule has 0 heterocycles. The van der Waals surface area contributed by atoms with Gasteiger partial charge in [0.15, 0.2) is 5.84 Å². The number of hydrogen-bond acceptors (Lipinski definition) is 3. The molecular formula is C16H25ClN2O2. The van der Waals surface area contributed by atoms with E-state index in [-0.39, 0.29) is 5.84 Å². The Morgan fingerprint density at radius 2 is 1.86 bits per heavy atom. The zero-order valence-electron chi connectivity index (χ0n) is 12.6. The fourth-order valence-corrected chi connectivity index (χ4v) is 2.36. The smallest absolute Gasteiger partial charge is 0.171 e. The average molecular weight is 313 g/mol. The van der Waals surface area contributed by atoms with Crippen molar-refractivity contribution in [1.82, 2.24) is 0 Å². The van der Waals surface area contributed by atoms with Crippen LogP contribution < -0.4 is 10.5 Å². The van der Waals surface area contributed by atoms with Crippen LogP contribution in [0.3, 0.4) is 0 Å². The lowest BCUT2D eigenvalue weighted by Crippen LogP contribution is -2.13. The first-order chi connectivity index (χ1) is 10.2. The number of unbranched alkanes of at least 4 members (excludes halogenated alkanes) is 6. The van der Waals surface area contributed by atoms with E-state index < -0.39 is 0 Å². The highest BCUT2D eigenvalue weighted by Crippen LogP contribution is 2.22. The van der Waals surface area contributed by atoms with Gasteiger partial charge in [-0.05, 0) is 24.6 Å². The molecule has 1 rings (SSSR count). The second-order valence-electron chi connectivity index (χ2n) is 5.10. The Morgan fingerprint density at radius 3 is 2.48 bits per heavy atom. The van der Waals surface area contributed by atoms with Crippen LogP contribution in [0.15, 0.2) is 23.4 Å². The second kappa shape index (κ2) is 10.3. The minimum absolute atomic E-state index is 0.00127. The number of nitrogens with zero attached hydrogens (tertiary/aromatic N) is 1. The number of amidine groups is 1. The van der Waals surface area contributed by atoms with Crippen molar-refractivity contribution in [2.45, 2.75) is 51.9 Å². The molecule has 3 N–H and O–H groups in total. The highest BCUT2D eigenvalue weighted by molar-refractivity contribution is 6.34. The molecule has 0 radical (unpaired) electrons. The molecule has 0 spiro atoms. The molecule has 0 aromatic heterocycles. The predicted molar refractivity (Wildman–Crippen MR) is 87.5 cm³/mol. The van der Waals surface area contributed by atoms with E-state index in [9.17, 15) is 0 Å². The highest BCUT2D eigenvalue weighted by atomic mass is 35.5. The van der Waals surface area contributed by atoms with E-state index in [2.05, 4.69) is 12.1 Å². The minimum Gasteiger partial charge on any atom is -0.494 e. The first-order valence-electron chi connectivity index (χ1n) is 7.59. The molecule has 118 valence electrons. The van der Waals surface area contributed by atoms with Crippen LogP contribution in [-0.2, 0) is 0 Å². The van der Waals surface area contributed by atoms with Gasteiger partial charge in [-0.1, -0.05) is 62.2 Å². The molecule has 0 bridgehead atoms. The van der Waals surface area contributed by atoms with Crippen molar-refractivity contribution in [3.63, 3.8) is 0 Å². The predicted octanol–water partition coefficient (Wildman–Crippen LogP) is 4.56. The lowest BCUT2D eigenvalue weighted by Gasteiger charge is -2.08. The monoisotopic (exact) mass is 312 g/mol. The van der Waals surface area contributed by atoms with Crippen molar-refractivity contribution in [1.29, 1.82) is 0 Å². The molecule has 0 aliphatic heterocycles. The Balaban J connectivity index is 2.25. The lowest BCUT2D eigenvalue weighted by molar-refractivity contribution is 0.304. The van der Waals surface area contributed by atoms with E-state index in [4.69, 9.17) is 27.3 Å². The average Bonchev–Trinajstić information content (AvgIpc) is 2.49. The van der Waals surface area contributed by atoms with E-state index >= 15 is 0 Å². The van der Waals surface area contributed by atoms with E-state index in [1.165, 1.54) is 38.5 Å². The molecule has 0 amide bonds. The van der Waals surface area contributed by atoms with E-state index in [1.54, 1.807) is 18.2 Å². The van der Waals surface area contributed by atoms with Crippen LogP contribution in [0.25, 0.3) is 0 Å². The number of nitrogens with two attached hydrogens (primary N) is 1. The molecular weight excluding hydrogens is 288 g/mol. The SMILES string of the molecule is CCCCCCCCCOc1ccc(/C(N)=N/O)c(Cl)c1. The van der Waals surface area contributed by atoms with Crippen molar-refractivity contribution < 1.29 is 9.94 Å². The quantitative estimate of drug-likeness (QED) is 0.219. The number of ether oxygens (including phenoxy) is 1. The van der Waals surface area contributed by atoms with Gasteiger partial charge in [0.2, 0.25) is 0 Å². The summed E-state index contributed by atoms with van der Waals surface area (Å²) < 4.78 is 5.66. The number of hydrogen-bond donors (Lipinski definition) is 2. The molecule has 21 heavy (non-hydrogen) atoms. The first-order valence-corrected chi connectivity index (χ1v) is 7.97. The summed E-state index contributed by atoms with van der Waals surface area (Å²) in [6, 6.07) is 5.16. The zero-order valence-corrected chi connectivity index (χ0v) is 13.4. The molecule has 0 aliphatic rings. The molecule has 0 unspecified atom stereocenters. The van der Waals surface area contributed by atoms with Gasteiger partial charge in [0.05, 0.1) is 11.6 Å². The van der Waals surface area contributed by atoms with Crippen LogP contribution in [0.5, 0.6) is 5.75 Å². The van der Waals surface area contributed by atoms with Crippen molar-refractivity contribution in [3.8, 4) is 5.75 Å². The van der Waals surface area contributed by atoms with E-state index in [1.807, 2.05) is 0 Å². The Morgan fingerprint density at radius 1 is 1.19 bits per heavy atom. The summed E-state index contributed by atoms with van der Waals surface area (Å²) in [5.41, 5.74) is 6.01. The third-order valence-electron chi connectivity index (χ3n) is 3.34. The van der Waals surface area contributed by atoms with E-state index in [0.717, 1.165) is 6.42 Å². The van der Waals surface area contributed by atoms with Crippen molar-refractivity contribution in [2.24, 2.45) is 10.9 Å². The Kier molecular flexibility index (Phi) is 8.67. The lowest BCUT2D eigenvalue weighted by atomic mass is 10.1. The molecule has 0 aliphatic carbocycles. The van der Waals surface area contributed by atoms with Crippen molar-refractivity contribution in [3.05, 3.63) is 28.8 Å². The molecule has 4 nitrogen and oxygen atoms in total. The highest BCUT2D eigenvalue weighted by Gasteiger charge is 2.06.